The molecule has 0 fully saturated rings. The number of fused-ring (bicyclic) bond motifs is 2. The molecule has 4 nitrogen and oxygen atoms in total. The normalized spacial score (nSPS) is 11.4. The summed E-state index contributed by atoms with van der Waals surface area (Å²) in [7, 11) is 0. The van der Waals surface area contributed by atoms with E-state index in [-0.39, 0.29) is 0 Å². The van der Waals surface area contributed by atoms with Gasteiger partial charge < -0.3 is 9.97 Å². The monoisotopic (exact) mass is 352 g/mol. The van der Waals surface area contributed by atoms with Gasteiger partial charge in [-0.15, -0.1) is 0 Å². The molecule has 0 amide bonds. The quantitative estimate of drug-likeness (QED) is 0.477. The predicted octanol–water partition coefficient (Wildman–Crippen LogP) is 4.82. The van der Waals surface area contributed by atoms with Crippen LogP contribution in [0.1, 0.15) is 22.6 Å². The second-order valence-electron chi connectivity index (χ2n) is 6.90. The minimum absolute atomic E-state index is 0.747. The van der Waals surface area contributed by atoms with E-state index in [0.717, 1.165) is 36.3 Å². The molecule has 2 N–H and O–H groups in total. The molecule has 27 heavy (non-hydrogen) atoms. The summed E-state index contributed by atoms with van der Waals surface area (Å²) in [6.45, 7) is 0. The van der Waals surface area contributed by atoms with Crippen molar-refractivity contribution >= 4 is 21.8 Å². The van der Waals surface area contributed by atoms with Gasteiger partial charge in [-0.05, 0) is 59.7 Å². The molecule has 3 aromatic heterocycles. The molecule has 5 rings (SSSR count). The number of hydrogen-bond acceptors (Lipinski definition) is 2. The summed E-state index contributed by atoms with van der Waals surface area (Å²) >= 11 is 0. The Morgan fingerprint density at radius 3 is 2.74 bits per heavy atom. The van der Waals surface area contributed by atoms with Crippen LogP contribution in [0.2, 0.25) is 0 Å². The summed E-state index contributed by atoms with van der Waals surface area (Å²) in [6.07, 6.45) is 8.47. The van der Waals surface area contributed by atoms with Crippen LogP contribution in [0.3, 0.4) is 0 Å². The third kappa shape index (κ3) is 3.22. The average molecular weight is 352 g/mol. The van der Waals surface area contributed by atoms with Gasteiger partial charge in [-0.2, -0.15) is 0 Å². The number of benzene rings is 2. The second kappa shape index (κ2) is 6.72. The molecule has 5 aromatic rings. The zero-order valence-electron chi connectivity index (χ0n) is 14.9. The van der Waals surface area contributed by atoms with Crippen molar-refractivity contribution in [3.8, 4) is 0 Å². The van der Waals surface area contributed by atoms with E-state index in [0.29, 0.717) is 0 Å². The molecule has 4 heteroatoms. The van der Waals surface area contributed by atoms with Crippen LogP contribution in [0.25, 0.3) is 21.8 Å². The fourth-order valence-electron chi connectivity index (χ4n) is 3.66. The average Bonchev–Trinajstić information content (AvgIpc) is 3.36. The van der Waals surface area contributed by atoms with Crippen molar-refractivity contribution in [2.45, 2.75) is 19.3 Å². The predicted molar refractivity (Wildman–Crippen MR) is 109 cm³/mol. The van der Waals surface area contributed by atoms with Crippen molar-refractivity contribution < 1.29 is 0 Å². The smallest absolute Gasteiger partial charge is 0.132 e. The van der Waals surface area contributed by atoms with Crippen LogP contribution in [-0.4, -0.2) is 19.9 Å². The lowest BCUT2D eigenvalue weighted by Crippen LogP contribution is -2.02. The molecule has 0 spiro atoms. The lowest BCUT2D eigenvalue weighted by Gasteiger charge is -2.06. The lowest BCUT2D eigenvalue weighted by molar-refractivity contribution is 0.861. The van der Waals surface area contributed by atoms with Gasteiger partial charge in [0.2, 0.25) is 0 Å². The van der Waals surface area contributed by atoms with Crippen molar-refractivity contribution in [1.29, 1.82) is 0 Å². The highest BCUT2D eigenvalue weighted by Gasteiger charge is 2.06. The number of H-pyrrole nitrogens is 2. The van der Waals surface area contributed by atoms with Crippen molar-refractivity contribution in [3.05, 3.63) is 95.8 Å². The fourth-order valence-corrected chi connectivity index (χ4v) is 3.66. The van der Waals surface area contributed by atoms with Gasteiger partial charge in [0, 0.05) is 47.1 Å². The van der Waals surface area contributed by atoms with E-state index in [1.807, 2.05) is 24.7 Å². The molecule has 0 aliphatic heterocycles. The van der Waals surface area contributed by atoms with Gasteiger partial charge in [-0.25, -0.2) is 9.97 Å². The van der Waals surface area contributed by atoms with Crippen LogP contribution in [0.5, 0.6) is 0 Å². The molecule has 132 valence electrons. The molecule has 0 saturated carbocycles. The largest absolute Gasteiger partial charge is 0.361 e. The maximum absolute atomic E-state index is 4.80. The molecule has 0 aliphatic rings. The molecule has 2 aromatic carbocycles. The van der Waals surface area contributed by atoms with Crippen molar-refractivity contribution in [2.75, 3.05) is 0 Å². The minimum Gasteiger partial charge on any atom is -0.361 e. The molecule has 0 atom stereocenters. The Morgan fingerprint density at radius 2 is 1.74 bits per heavy atom. The second-order valence-corrected chi connectivity index (χ2v) is 6.90. The zero-order valence-corrected chi connectivity index (χ0v) is 14.9. The van der Waals surface area contributed by atoms with Crippen LogP contribution in [0.15, 0.2) is 73.2 Å². The van der Waals surface area contributed by atoms with E-state index in [2.05, 4.69) is 63.5 Å². The highest BCUT2D eigenvalue weighted by atomic mass is 14.9. The molecule has 3 heterocycles. The SMILES string of the molecule is c1cc(Cc2nccc(CCc3ccc4cc[nH]c4c3)n2)c2cc[nH]c2c1. The van der Waals surface area contributed by atoms with E-state index in [4.69, 9.17) is 4.98 Å². The summed E-state index contributed by atoms with van der Waals surface area (Å²) in [5.74, 6) is 0.876. The summed E-state index contributed by atoms with van der Waals surface area (Å²) in [6, 6.07) is 19.2. The van der Waals surface area contributed by atoms with Crippen LogP contribution < -0.4 is 0 Å². The van der Waals surface area contributed by atoms with Crippen LogP contribution in [-0.2, 0) is 19.3 Å². The zero-order chi connectivity index (χ0) is 18.1. The Morgan fingerprint density at radius 1 is 0.815 bits per heavy atom. The van der Waals surface area contributed by atoms with Crippen molar-refractivity contribution in [1.82, 2.24) is 19.9 Å². The topological polar surface area (TPSA) is 57.4 Å². The van der Waals surface area contributed by atoms with Crippen LogP contribution >= 0.6 is 0 Å². The third-order valence-electron chi connectivity index (χ3n) is 5.09. The first-order chi connectivity index (χ1) is 13.3. The molecule has 0 saturated heterocycles. The van der Waals surface area contributed by atoms with Gasteiger partial charge in [-0.1, -0.05) is 24.3 Å². The first-order valence-electron chi connectivity index (χ1n) is 9.27. The van der Waals surface area contributed by atoms with E-state index in [9.17, 15) is 0 Å². The molecular formula is C23H20N4. The summed E-state index contributed by atoms with van der Waals surface area (Å²) in [4.78, 5) is 15.8. The van der Waals surface area contributed by atoms with E-state index in [1.54, 1.807) is 0 Å². The van der Waals surface area contributed by atoms with E-state index >= 15 is 0 Å². The Balaban J connectivity index is 1.33. The van der Waals surface area contributed by atoms with Gasteiger partial charge >= 0.3 is 0 Å². The molecule has 0 radical (unpaired) electrons. The Bertz CT molecular complexity index is 1220. The Kier molecular flexibility index (Phi) is 3.94. The maximum atomic E-state index is 4.80. The van der Waals surface area contributed by atoms with Gasteiger partial charge in [0.25, 0.3) is 0 Å². The highest BCUT2D eigenvalue weighted by Crippen LogP contribution is 2.20. The maximum Gasteiger partial charge on any atom is 0.132 e. The Labute approximate surface area is 157 Å². The molecule has 0 bridgehead atoms. The van der Waals surface area contributed by atoms with Gasteiger partial charge in [-0.3, -0.25) is 0 Å². The third-order valence-corrected chi connectivity index (χ3v) is 5.09. The lowest BCUT2D eigenvalue weighted by atomic mass is 10.1. The number of aryl methyl sites for hydroxylation is 2. The summed E-state index contributed by atoms with van der Waals surface area (Å²) in [5, 5.41) is 2.49. The van der Waals surface area contributed by atoms with E-state index in [1.165, 1.54) is 27.4 Å². The highest BCUT2D eigenvalue weighted by molar-refractivity contribution is 5.83. The van der Waals surface area contributed by atoms with Gasteiger partial charge in [0.1, 0.15) is 5.82 Å². The number of nitrogens with zero attached hydrogens (tertiary/aromatic N) is 2. The fraction of sp³-hybridized carbons (Fsp3) is 0.130. The number of rotatable bonds is 5. The van der Waals surface area contributed by atoms with Crippen molar-refractivity contribution in [2.24, 2.45) is 0 Å². The first kappa shape index (κ1) is 15.8. The number of hydrogen-bond donors (Lipinski definition) is 2. The number of aromatic nitrogens is 4. The first-order valence-corrected chi connectivity index (χ1v) is 9.27. The van der Waals surface area contributed by atoms with E-state index < -0.39 is 0 Å². The number of aromatic amines is 2. The number of nitrogens with one attached hydrogen (secondary N) is 2. The molecule has 0 aliphatic carbocycles. The van der Waals surface area contributed by atoms with Gasteiger partial charge in [0.15, 0.2) is 0 Å². The van der Waals surface area contributed by atoms with Gasteiger partial charge in [0.05, 0.1) is 0 Å². The van der Waals surface area contributed by atoms with Crippen LogP contribution in [0.4, 0.5) is 0 Å². The Hall–Kier alpha value is -3.40. The summed E-state index contributed by atoms with van der Waals surface area (Å²) in [5.41, 5.74) is 6.01. The van der Waals surface area contributed by atoms with Crippen LogP contribution in [0, 0.1) is 0 Å². The standard InChI is InChI=1S/C23H20N4/c1-2-18(20-10-13-24-21(20)3-1)15-23-26-12-9-19(27-23)7-5-16-4-6-17-8-11-25-22(17)14-16/h1-4,6,8-14,24-25H,5,7,15H2. The molecule has 0 unspecified atom stereocenters. The molecular weight excluding hydrogens is 332 g/mol. The summed E-state index contributed by atoms with van der Waals surface area (Å²) < 4.78 is 0. The van der Waals surface area contributed by atoms with Crippen molar-refractivity contribution in [3.63, 3.8) is 0 Å². The minimum atomic E-state index is 0.747.